The smallest absolute Gasteiger partial charge is 0.229 e. The van der Waals surface area contributed by atoms with Gasteiger partial charge in [-0.25, -0.2) is 4.39 Å². The Labute approximate surface area is 106 Å². The Morgan fingerprint density at radius 3 is 2.94 bits per heavy atom. The molecule has 0 saturated carbocycles. The molecule has 1 heterocycles. The van der Waals surface area contributed by atoms with Crippen LogP contribution in [-0.2, 0) is 4.79 Å². The molecule has 1 aliphatic heterocycles. The summed E-state index contributed by atoms with van der Waals surface area (Å²) < 4.78 is 18.6. The Balaban J connectivity index is 2.11. The number of ether oxygens (including phenoxy) is 1. The summed E-state index contributed by atoms with van der Waals surface area (Å²) in [5.74, 6) is -0.206. The highest BCUT2D eigenvalue weighted by Crippen LogP contribution is 2.23. The number of amides is 1. The third-order valence-electron chi connectivity index (χ3n) is 3.29. The van der Waals surface area contributed by atoms with Crippen molar-refractivity contribution in [3.05, 3.63) is 24.0 Å². The molecule has 1 aromatic carbocycles. The maximum absolute atomic E-state index is 13.6. The van der Waals surface area contributed by atoms with Crippen LogP contribution >= 0.6 is 0 Å². The number of anilines is 1. The first-order valence-corrected chi connectivity index (χ1v) is 5.99. The fraction of sp³-hybridized carbons (Fsp3) is 0.462. The predicted octanol–water partition coefficient (Wildman–Crippen LogP) is 1.77. The van der Waals surface area contributed by atoms with Crippen LogP contribution in [0.15, 0.2) is 18.2 Å². The van der Waals surface area contributed by atoms with Crippen LogP contribution in [0.4, 0.5) is 10.1 Å². The van der Waals surface area contributed by atoms with Crippen molar-refractivity contribution < 1.29 is 13.9 Å². The minimum Gasteiger partial charge on any atom is -0.497 e. The van der Waals surface area contributed by atoms with Crippen LogP contribution in [0.5, 0.6) is 5.75 Å². The Bertz CT molecular complexity index is 451. The molecular weight excluding hydrogens is 235 g/mol. The van der Waals surface area contributed by atoms with Crippen LogP contribution in [-0.4, -0.2) is 25.6 Å². The van der Waals surface area contributed by atoms with E-state index in [1.165, 1.54) is 25.3 Å². The van der Waals surface area contributed by atoms with Gasteiger partial charge >= 0.3 is 0 Å². The first-order chi connectivity index (χ1) is 8.61. The van der Waals surface area contributed by atoms with Gasteiger partial charge in [0.15, 0.2) is 0 Å². The first kappa shape index (κ1) is 12.8. The SMILES string of the molecule is COc1ccc(F)c(NC(=O)C2CCNC2C)c1. The molecule has 1 aromatic rings. The standard InChI is InChI=1S/C13H17FN2O2/c1-8-10(5-6-15-8)13(17)16-12-7-9(18-2)3-4-11(12)14/h3-4,7-8,10,15H,5-6H2,1-2H3,(H,16,17). The highest BCUT2D eigenvalue weighted by Gasteiger charge is 2.29. The molecule has 0 spiro atoms. The van der Waals surface area contributed by atoms with E-state index in [-0.39, 0.29) is 23.6 Å². The van der Waals surface area contributed by atoms with Crippen molar-refractivity contribution in [1.82, 2.24) is 5.32 Å². The number of methoxy groups -OCH3 is 1. The average molecular weight is 252 g/mol. The van der Waals surface area contributed by atoms with Gasteiger partial charge in [0.05, 0.1) is 18.7 Å². The van der Waals surface area contributed by atoms with Gasteiger partial charge < -0.3 is 15.4 Å². The van der Waals surface area contributed by atoms with Gasteiger partial charge in [-0.1, -0.05) is 0 Å². The van der Waals surface area contributed by atoms with Gasteiger partial charge in [-0.3, -0.25) is 4.79 Å². The lowest BCUT2D eigenvalue weighted by atomic mass is 10.0. The monoisotopic (exact) mass is 252 g/mol. The highest BCUT2D eigenvalue weighted by atomic mass is 19.1. The van der Waals surface area contributed by atoms with E-state index in [9.17, 15) is 9.18 Å². The van der Waals surface area contributed by atoms with Gasteiger partial charge in [-0.05, 0) is 32.0 Å². The Hall–Kier alpha value is -1.62. The zero-order chi connectivity index (χ0) is 13.1. The van der Waals surface area contributed by atoms with E-state index < -0.39 is 5.82 Å². The molecule has 5 heteroatoms. The van der Waals surface area contributed by atoms with E-state index in [0.717, 1.165) is 13.0 Å². The van der Waals surface area contributed by atoms with E-state index in [1.54, 1.807) is 0 Å². The predicted molar refractivity (Wildman–Crippen MR) is 67.2 cm³/mol. The number of hydrogen-bond acceptors (Lipinski definition) is 3. The largest absolute Gasteiger partial charge is 0.497 e. The van der Waals surface area contributed by atoms with E-state index >= 15 is 0 Å². The van der Waals surface area contributed by atoms with Gasteiger partial charge in [0, 0.05) is 12.1 Å². The second-order valence-electron chi connectivity index (χ2n) is 4.47. The average Bonchev–Trinajstić information content (AvgIpc) is 2.78. The molecule has 0 aromatic heterocycles. The third-order valence-corrected chi connectivity index (χ3v) is 3.29. The number of nitrogens with one attached hydrogen (secondary N) is 2. The molecule has 2 atom stereocenters. The minimum absolute atomic E-state index is 0.115. The number of halogens is 1. The number of carbonyl (C=O) groups excluding carboxylic acids is 1. The summed E-state index contributed by atoms with van der Waals surface area (Å²) in [6.07, 6.45) is 0.776. The Morgan fingerprint density at radius 2 is 2.33 bits per heavy atom. The number of rotatable bonds is 3. The summed E-state index contributed by atoms with van der Waals surface area (Å²) in [6.45, 7) is 2.78. The number of carbonyl (C=O) groups is 1. The number of benzene rings is 1. The van der Waals surface area contributed by atoms with Crippen molar-refractivity contribution in [2.75, 3.05) is 19.0 Å². The van der Waals surface area contributed by atoms with Crippen LogP contribution in [0.3, 0.4) is 0 Å². The quantitative estimate of drug-likeness (QED) is 0.862. The lowest BCUT2D eigenvalue weighted by molar-refractivity contribution is -0.120. The summed E-state index contributed by atoms with van der Waals surface area (Å²) in [7, 11) is 1.50. The van der Waals surface area contributed by atoms with Gasteiger partial charge in [0.1, 0.15) is 11.6 Å². The van der Waals surface area contributed by atoms with Crippen molar-refractivity contribution in [3.63, 3.8) is 0 Å². The van der Waals surface area contributed by atoms with E-state index in [1.807, 2.05) is 6.92 Å². The third kappa shape index (κ3) is 2.61. The van der Waals surface area contributed by atoms with Crippen LogP contribution in [0.1, 0.15) is 13.3 Å². The zero-order valence-electron chi connectivity index (χ0n) is 10.5. The van der Waals surface area contributed by atoms with Gasteiger partial charge in [0.25, 0.3) is 0 Å². The van der Waals surface area contributed by atoms with Crippen molar-refractivity contribution in [2.45, 2.75) is 19.4 Å². The summed E-state index contributed by atoms with van der Waals surface area (Å²) in [5.41, 5.74) is 0.165. The summed E-state index contributed by atoms with van der Waals surface area (Å²) in [4.78, 5) is 12.0. The maximum atomic E-state index is 13.6. The Morgan fingerprint density at radius 1 is 1.56 bits per heavy atom. The minimum atomic E-state index is -0.456. The molecule has 2 N–H and O–H groups in total. The molecule has 18 heavy (non-hydrogen) atoms. The molecule has 98 valence electrons. The summed E-state index contributed by atoms with van der Waals surface area (Å²) in [6, 6.07) is 4.41. The molecule has 2 rings (SSSR count). The Kier molecular flexibility index (Phi) is 3.81. The molecule has 1 fully saturated rings. The molecule has 0 bridgehead atoms. The maximum Gasteiger partial charge on any atom is 0.229 e. The molecule has 0 radical (unpaired) electrons. The van der Waals surface area contributed by atoms with Crippen molar-refractivity contribution >= 4 is 11.6 Å². The molecule has 1 saturated heterocycles. The molecule has 2 unspecified atom stereocenters. The molecule has 1 amide bonds. The van der Waals surface area contributed by atoms with Crippen molar-refractivity contribution in [3.8, 4) is 5.75 Å². The van der Waals surface area contributed by atoms with E-state index in [0.29, 0.717) is 5.75 Å². The molecular formula is C13H17FN2O2. The highest BCUT2D eigenvalue weighted by molar-refractivity contribution is 5.93. The second kappa shape index (κ2) is 5.35. The van der Waals surface area contributed by atoms with E-state index in [4.69, 9.17) is 4.74 Å². The van der Waals surface area contributed by atoms with Gasteiger partial charge in [0.2, 0.25) is 5.91 Å². The zero-order valence-corrected chi connectivity index (χ0v) is 10.5. The van der Waals surface area contributed by atoms with Gasteiger partial charge in [-0.15, -0.1) is 0 Å². The topological polar surface area (TPSA) is 50.4 Å². The van der Waals surface area contributed by atoms with Crippen LogP contribution in [0, 0.1) is 11.7 Å². The second-order valence-corrected chi connectivity index (χ2v) is 4.47. The number of hydrogen-bond donors (Lipinski definition) is 2. The lowest BCUT2D eigenvalue weighted by Gasteiger charge is -2.15. The molecule has 0 aliphatic carbocycles. The first-order valence-electron chi connectivity index (χ1n) is 5.99. The van der Waals surface area contributed by atoms with Crippen molar-refractivity contribution in [2.24, 2.45) is 5.92 Å². The van der Waals surface area contributed by atoms with E-state index in [2.05, 4.69) is 10.6 Å². The summed E-state index contributed by atoms with van der Waals surface area (Å²) in [5, 5.41) is 5.82. The van der Waals surface area contributed by atoms with Crippen LogP contribution in [0.2, 0.25) is 0 Å². The van der Waals surface area contributed by atoms with Gasteiger partial charge in [-0.2, -0.15) is 0 Å². The fourth-order valence-electron chi connectivity index (χ4n) is 2.17. The van der Waals surface area contributed by atoms with Crippen LogP contribution < -0.4 is 15.4 Å². The van der Waals surface area contributed by atoms with Crippen LogP contribution in [0.25, 0.3) is 0 Å². The molecule has 4 nitrogen and oxygen atoms in total. The lowest BCUT2D eigenvalue weighted by Crippen LogP contribution is -2.32. The fourth-order valence-corrected chi connectivity index (χ4v) is 2.17. The van der Waals surface area contributed by atoms with Crippen molar-refractivity contribution in [1.29, 1.82) is 0 Å². The molecule has 1 aliphatic rings. The normalized spacial score (nSPS) is 22.8. The summed E-state index contributed by atoms with van der Waals surface area (Å²) >= 11 is 0.